The van der Waals surface area contributed by atoms with Gasteiger partial charge in [0.1, 0.15) is 30.5 Å². The predicted molar refractivity (Wildman–Crippen MR) is 63.6 cm³/mol. The Balaban J connectivity index is 4.81. The molecule has 114 valence electrons. The van der Waals surface area contributed by atoms with Crippen molar-refractivity contribution in [1.82, 2.24) is 0 Å². The summed E-state index contributed by atoms with van der Waals surface area (Å²) in [5.74, 6) is -0.869. The van der Waals surface area contributed by atoms with Crippen LogP contribution in [0.15, 0.2) is 0 Å². The van der Waals surface area contributed by atoms with Gasteiger partial charge in [-0.1, -0.05) is 0 Å². The average molecular weight is 282 g/mol. The van der Waals surface area contributed by atoms with Crippen molar-refractivity contribution in [3.8, 4) is 0 Å². The zero-order valence-corrected chi connectivity index (χ0v) is 11.2. The van der Waals surface area contributed by atoms with E-state index in [1.54, 1.807) is 0 Å². The Morgan fingerprint density at radius 3 is 2.05 bits per heavy atom. The minimum atomic E-state index is -1.90. The number of hydrogen-bond acceptors (Lipinski definition) is 8. The first-order valence-electron chi connectivity index (χ1n) is 5.67. The summed E-state index contributed by atoms with van der Waals surface area (Å²) in [5, 5.41) is 37.0. The van der Waals surface area contributed by atoms with Crippen molar-refractivity contribution in [3.05, 3.63) is 0 Å². The molecule has 8 nitrogen and oxygen atoms in total. The van der Waals surface area contributed by atoms with E-state index < -0.39 is 42.9 Å². The molecule has 0 bridgehead atoms. The maximum Gasteiger partial charge on any atom is 0.195 e. The summed E-state index contributed by atoms with van der Waals surface area (Å²) in [6.07, 6.45) is -7.27. The van der Waals surface area contributed by atoms with Gasteiger partial charge in [0, 0.05) is 21.3 Å². The molecule has 5 atom stereocenters. The summed E-state index contributed by atoms with van der Waals surface area (Å²) >= 11 is 0. The van der Waals surface area contributed by atoms with Gasteiger partial charge in [-0.3, -0.25) is 4.79 Å². The summed E-state index contributed by atoms with van der Waals surface area (Å²) in [6, 6.07) is 0. The second kappa shape index (κ2) is 9.32. The van der Waals surface area contributed by atoms with Crippen LogP contribution in [-0.4, -0.2) is 91.3 Å². The van der Waals surface area contributed by atoms with E-state index in [0.29, 0.717) is 0 Å². The molecule has 0 aromatic rings. The van der Waals surface area contributed by atoms with Gasteiger partial charge in [-0.15, -0.1) is 0 Å². The summed E-state index contributed by atoms with van der Waals surface area (Å²) in [7, 11) is 3.99. The second-order valence-electron chi connectivity index (χ2n) is 3.97. The van der Waals surface area contributed by atoms with Crippen molar-refractivity contribution in [2.24, 2.45) is 0 Å². The maximum absolute atomic E-state index is 11.9. The van der Waals surface area contributed by atoms with Gasteiger partial charge in [0.15, 0.2) is 5.78 Å². The number of aliphatic hydroxyl groups excluding tert-OH is 4. The molecule has 0 amide bonds. The van der Waals surface area contributed by atoms with Crippen molar-refractivity contribution in [1.29, 1.82) is 0 Å². The van der Waals surface area contributed by atoms with E-state index in [4.69, 9.17) is 19.3 Å². The predicted octanol–water partition coefficient (Wildman–Crippen LogP) is -2.69. The van der Waals surface area contributed by atoms with Crippen LogP contribution in [0.4, 0.5) is 0 Å². The standard InChI is InChI=1S/C11H22O8/c1-17-5-7(18-2)11(19-3)10(16)9(15)8(14)6(13)4-12/h6-9,11-15H,4-5H2,1-3H3/t6-,7-,8-,9+,11-/m1/s1. The molecule has 0 saturated heterocycles. The number of carbonyl (C=O) groups is 1. The molecule has 0 aromatic carbocycles. The van der Waals surface area contributed by atoms with E-state index >= 15 is 0 Å². The van der Waals surface area contributed by atoms with Gasteiger partial charge in [0.2, 0.25) is 0 Å². The van der Waals surface area contributed by atoms with Crippen molar-refractivity contribution in [2.75, 3.05) is 34.5 Å². The summed E-state index contributed by atoms with van der Waals surface area (Å²) in [4.78, 5) is 11.9. The molecule has 0 aromatic heterocycles. The van der Waals surface area contributed by atoms with Gasteiger partial charge in [0.05, 0.1) is 13.2 Å². The molecule has 0 aliphatic rings. The van der Waals surface area contributed by atoms with Crippen LogP contribution < -0.4 is 0 Å². The zero-order chi connectivity index (χ0) is 15.0. The Kier molecular flexibility index (Phi) is 9.02. The van der Waals surface area contributed by atoms with Crippen LogP contribution >= 0.6 is 0 Å². The van der Waals surface area contributed by atoms with E-state index in [0.717, 1.165) is 0 Å². The zero-order valence-electron chi connectivity index (χ0n) is 11.2. The lowest BCUT2D eigenvalue weighted by Gasteiger charge is -2.27. The third-order valence-electron chi connectivity index (χ3n) is 2.70. The Hall–Kier alpha value is -0.610. The first kappa shape index (κ1) is 18.4. The lowest BCUT2D eigenvalue weighted by Crippen LogP contribution is -2.51. The van der Waals surface area contributed by atoms with Crippen LogP contribution in [0.3, 0.4) is 0 Å². The molecular formula is C11H22O8. The summed E-state index contributed by atoms with van der Waals surface area (Å²) in [5.41, 5.74) is 0. The van der Waals surface area contributed by atoms with Crippen LogP contribution in [0.2, 0.25) is 0 Å². The molecule has 8 heteroatoms. The van der Waals surface area contributed by atoms with Gasteiger partial charge in [-0.25, -0.2) is 0 Å². The molecule has 0 aliphatic heterocycles. The van der Waals surface area contributed by atoms with Crippen molar-refractivity contribution in [2.45, 2.75) is 30.5 Å². The first-order valence-corrected chi connectivity index (χ1v) is 5.67. The van der Waals surface area contributed by atoms with Crippen molar-refractivity contribution >= 4 is 5.78 Å². The number of carbonyl (C=O) groups excluding carboxylic acids is 1. The number of rotatable bonds is 10. The van der Waals surface area contributed by atoms with Gasteiger partial charge >= 0.3 is 0 Å². The van der Waals surface area contributed by atoms with E-state index in [9.17, 15) is 20.1 Å². The fraction of sp³-hybridized carbons (Fsp3) is 0.909. The highest BCUT2D eigenvalue weighted by Gasteiger charge is 2.38. The van der Waals surface area contributed by atoms with E-state index in [2.05, 4.69) is 0 Å². The molecule has 0 saturated carbocycles. The van der Waals surface area contributed by atoms with Crippen molar-refractivity contribution < 1.29 is 39.4 Å². The SMILES string of the molecule is COC[C@@H](OC)[C@@H](OC)C(=O)[C@@H](O)[C@H](O)[C@H](O)CO. The molecule has 0 rings (SSSR count). The number of methoxy groups -OCH3 is 3. The molecule has 4 N–H and O–H groups in total. The lowest BCUT2D eigenvalue weighted by atomic mass is 9.98. The average Bonchev–Trinajstić information content (AvgIpc) is 2.44. The van der Waals surface area contributed by atoms with Crippen LogP contribution in [-0.2, 0) is 19.0 Å². The number of Topliss-reactive ketones (excluding diaryl/α,β-unsaturated/α-hetero) is 1. The summed E-state index contributed by atoms with van der Waals surface area (Å²) in [6.45, 7) is -0.735. The minimum absolute atomic E-state index is 0.0477. The number of aliphatic hydroxyl groups is 4. The van der Waals surface area contributed by atoms with Crippen LogP contribution in [0.1, 0.15) is 0 Å². The van der Waals surface area contributed by atoms with Gasteiger partial charge in [-0.2, -0.15) is 0 Å². The van der Waals surface area contributed by atoms with E-state index in [-0.39, 0.29) is 6.61 Å². The first-order chi connectivity index (χ1) is 8.94. The smallest absolute Gasteiger partial charge is 0.195 e. The molecule has 0 aliphatic carbocycles. The van der Waals surface area contributed by atoms with Crippen molar-refractivity contribution in [3.63, 3.8) is 0 Å². The molecule has 0 unspecified atom stereocenters. The maximum atomic E-state index is 11.9. The Morgan fingerprint density at radius 2 is 1.68 bits per heavy atom. The number of ether oxygens (including phenoxy) is 3. The molecule has 0 fully saturated rings. The third kappa shape index (κ3) is 5.11. The topological polar surface area (TPSA) is 126 Å². The van der Waals surface area contributed by atoms with Crippen LogP contribution in [0.25, 0.3) is 0 Å². The highest BCUT2D eigenvalue weighted by molar-refractivity contribution is 5.88. The van der Waals surface area contributed by atoms with Gasteiger partial charge in [-0.05, 0) is 0 Å². The Labute approximate surface area is 111 Å². The largest absolute Gasteiger partial charge is 0.394 e. The lowest BCUT2D eigenvalue weighted by molar-refractivity contribution is -0.160. The third-order valence-corrected chi connectivity index (χ3v) is 2.70. The molecule has 0 radical (unpaired) electrons. The minimum Gasteiger partial charge on any atom is -0.394 e. The van der Waals surface area contributed by atoms with Crippen LogP contribution in [0, 0.1) is 0 Å². The molecular weight excluding hydrogens is 260 g/mol. The Morgan fingerprint density at radius 1 is 1.11 bits per heavy atom. The fourth-order valence-electron chi connectivity index (χ4n) is 1.55. The highest BCUT2D eigenvalue weighted by atomic mass is 16.6. The highest BCUT2D eigenvalue weighted by Crippen LogP contribution is 2.11. The fourth-order valence-corrected chi connectivity index (χ4v) is 1.55. The monoisotopic (exact) mass is 282 g/mol. The van der Waals surface area contributed by atoms with E-state index in [1.165, 1.54) is 21.3 Å². The Bertz CT molecular complexity index is 259. The van der Waals surface area contributed by atoms with Gasteiger partial charge < -0.3 is 34.6 Å². The molecule has 0 heterocycles. The van der Waals surface area contributed by atoms with Crippen LogP contribution in [0.5, 0.6) is 0 Å². The number of hydrogen-bond donors (Lipinski definition) is 4. The van der Waals surface area contributed by atoms with Gasteiger partial charge in [0.25, 0.3) is 0 Å². The normalized spacial score (nSPS) is 19.5. The summed E-state index contributed by atoms with van der Waals surface area (Å²) < 4.78 is 14.8. The quantitative estimate of drug-likeness (QED) is 0.341. The number of ketones is 1. The molecule has 19 heavy (non-hydrogen) atoms. The van der Waals surface area contributed by atoms with E-state index in [1.807, 2.05) is 0 Å². The molecule has 0 spiro atoms. The second-order valence-corrected chi connectivity index (χ2v) is 3.97.